The van der Waals surface area contributed by atoms with Crippen LogP contribution in [0.2, 0.25) is 0 Å². The van der Waals surface area contributed by atoms with Gasteiger partial charge in [0, 0.05) is 30.6 Å². The van der Waals surface area contributed by atoms with E-state index in [1.807, 2.05) is 31.2 Å². The molecule has 1 saturated heterocycles. The lowest BCUT2D eigenvalue weighted by molar-refractivity contribution is -0.115. The van der Waals surface area contributed by atoms with Crippen LogP contribution in [0.1, 0.15) is 59.4 Å². The molecular formula is C37H35N3O3S. The first-order valence-corrected chi connectivity index (χ1v) is 16.1. The largest absolute Gasteiger partial charge is 0.493 e. The fourth-order valence-corrected chi connectivity index (χ4v) is 7.54. The number of nitrogens with zero attached hydrogens (tertiary/aromatic N) is 2. The summed E-state index contributed by atoms with van der Waals surface area (Å²) in [6, 6.07) is 31.8. The molecule has 0 aliphatic carbocycles. The van der Waals surface area contributed by atoms with E-state index in [0.29, 0.717) is 40.0 Å². The summed E-state index contributed by atoms with van der Waals surface area (Å²) in [5.74, 6) is 1.76. The molecule has 1 fully saturated rings. The Balaban J connectivity index is 1.27. The minimum absolute atomic E-state index is 0.156. The van der Waals surface area contributed by atoms with Crippen molar-refractivity contribution in [1.29, 1.82) is 0 Å². The van der Waals surface area contributed by atoms with E-state index in [1.165, 1.54) is 39.7 Å². The molecule has 0 saturated carbocycles. The lowest BCUT2D eigenvalue weighted by atomic mass is 9.76. The average molecular weight is 602 g/mol. The van der Waals surface area contributed by atoms with E-state index in [2.05, 4.69) is 83.0 Å². The normalized spacial score (nSPS) is 20.9. The summed E-state index contributed by atoms with van der Waals surface area (Å²) in [6.45, 7) is 4.58. The van der Waals surface area contributed by atoms with E-state index in [9.17, 15) is 4.79 Å². The Kier molecular flexibility index (Phi) is 7.88. The highest BCUT2D eigenvalue weighted by atomic mass is 32.2. The third-order valence-corrected chi connectivity index (χ3v) is 9.58. The van der Waals surface area contributed by atoms with Crippen molar-refractivity contribution in [3.05, 3.63) is 124 Å². The number of aliphatic imine (C=N–C) groups is 1. The van der Waals surface area contributed by atoms with Crippen LogP contribution >= 0.6 is 11.8 Å². The predicted molar refractivity (Wildman–Crippen MR) is 179 cm³/mol. The molecule has 222 valence electrons. The molecular weight excluding hydrogens is 566 g/mol. The number of methoxy groups -OCH3 is 1. The van der Waals surface area contributed by atoms with Gasteiger partial charge in [0.05, 0.1) is 24.3 Å². The topological polar surface area (TPSA) is 63.2 Å². The van der Waals surface area contributed by atoms with Gasteiger partial charge in [-0.05, 0) is 89.7 Å². The quantitative estimate of drug-likeness (QED) is 0.219. The van der Waals surface area contributed by atoms with Crippen LogP contribution < -0.4 is 19.7 Å². The van der Waals surface area contributed by atoms with Crippen LogP contribution in [0, 0.1) is 0 Å². The van der Waals surface area contributed by atoms with Gasteiger partial charge >= 0.3 is 0 Å². The summed E-state index contributed by atoms with van der Waals surface area (Å²) in [4.78, 5) is 21.2. The second-order valence-electron chi connectivity index (χ2n) is 11.3. The SMILES string of the molecule is CCOc1ccc(/C=C2\SC(=Nc3cc4c5c(c3)[C@@H](c3ccccc3)CCN5CC[C@@H]4c3ccccc3)NC2=O)cc1OC. The van der Waals surface area contributed by atoms with E-state index < -0.39 is 0 Å². The predicted octanol–water partition coefficient (Wildman–Crippen LogP) is 7.86. The Morgan fingerprint density at radius 2 is 1.52 bits per heavy atom. The summed E-state index contributed by atoms with van der Waals surface area (Å²) in [5, 5.41) is 3.58. The number of ether oxygens (including phenoxy) is 2. The van der Waals surface area contributed by atoms with Gasteiger partial charge in [0.1, 0.15) is 0 Å². The maximum Gasteiger partial charge on any atom is 0.264 e. The minimum Gasteiger partial charge on any atom is -0.493 e. The van der Waals surface area contributed by atoms with Crippen LogP contribution in [0.25, 0.3) is 6.08 Å². The summed E-state index contributed by atoms with van der Waals surface area (Å²) in [7, 11) is 1.62. The number of carbonyl (C=O) groups is 1. The van der Waals surface area contributed by atoms with Crippen LogP contribution in [0.4, 0.5) is 11.4 Å². The van der Waals surface area contributed by atoms with Crippen LogP contribution in [-0.2, 0) is 4.79 Å². The standard InChI is InChI=1S/C37H35N3O3S/c1-3-43-32-15-14-24(20-33(32)42-2)21-34-36(41)39-37(44-34)38-27-22-30-28(25-10-6-4-7-11-25)16-18-40-19-17-29(31(23-27)35(30)40)26-12-8-5-9-13-26/h4-15,20-23,28-29H,3,16-19H2,1-2H3,(H,38,39,41)/b34-21-/t28-,29-/m1/s1. The zero-order valence-electron chi connectivity index (χ0n) is 25.0. The molecule has 0 radical (unpaired) electrons. The van der Waals surface area contributed by atoms with Crippen molar-refractivity contribution in [3.8, 4) is 11.5 Å². The number of hydrogen-bond donors (Lipinski definition) is 1. The number of amidine groups is 1. The summed E-state index contributed by atoms with van der Waals surface area (Å²) >= 11 is 1.36. The Morgan fingerprint density at radius 1 is 0.886 bits per heavy atom. The smallest absolute Gasteiger partial charge is 0.264 e. The molecule has 3 aliphatic rings. The molecule has 0 aromatic heterocycles. The third-order valence-electron chi connectivity index (χ3n) is 8.67. The van der Waals surface area contributed by atoms with Gasteiger partial charge in [-0.25, -0.2) is 4.99 Å². The maximum absolute atomic E-state index is 13.0. The fourth-order valence-electron chi connectivity index (χ4n) is 6.70. The van der Waals surface area contributed by atoms with Crippen molar-refractivity contribution in [1.82, 2.24) is 5.32 Å². The molecule has 0 bridgehead atoms. The lowest BCUT2D eigenvalue weighted by Gasteiger charge is -2.43. The fraction of sp³-hybridized carbons (Fsp3) is 0.243. The second kappa shape index (κ2) is 12.2. The molecule has 7 rings (SSSR count). The number of thioether (sulfide) groups is 1. The van der Waals surface area contributed by atoms with Crippen LogP contribution in [0.15, 0.2) is 101 Å². The number of anilines is 1. The van der Waals surface area contributed by atoms with Gasteiger partial charge in [0.15, 0.2) is 16.7 Å². The number of nitrogens with one attached hydrogen (secondary N) is 1. The molecule has 2 atom stereocenters. The number of hydrogen-bond acceptors (Lipinski definition) is 6. The summed E-state index contributed by atoms with van der Waals surface area (Å²) < 4.78 is 11.1. The first-order valence-electron chi connectivity index (χ1n) is 15.2. The van der Waals surface area contributed by atoms with Gasteiger partial charge in [0.25, 0.3) is 5.91 Å². The molecule has 4 aromatic rings. The first-order chi connectivity index (χ1) is 21.6. The van der Waals surface area contributed by atoms with Gasteiger partial charge in [-0.3, -0.25) is 4.79 Å². The van der Waals surface area contributed by atoms with Gasteiger partial charge in [-0.1, -0.05) is 66.7 Å². The molecule has 0 spiro atoms. The molecule has 7 heteroatoms. The number of amides is 1. The highest BCUT2D eigenvalue weighted by Crippen LogP contribution is 2.50. The van der Waals surface area contributed by atoms with Gasteiger partial charge in [0.2, 0.25) is 0 Å². The molecule has 6 nitrogen and oxygen atoms in total. The van der Waals surface area contributed by atoms with Crippen molar-refractivity contribution in [2.45, 2.75) is 31.6 Å². The average Bonchev–Trinajstić information content (AvgIpc) is 3.40. The van der Waals surface area contributed by atoms with E-state index in [0.717, 1.165) is 37.2 Å². The summed E-state index contributed by atoms with van der Waals surface area (Å²) in [6.07, 6.45) is 4.00. The monoisotopic (exact) mass is 601 g/mol. The minimum atomic E-state index is -0.156. The van der Waals surface area contributed by atoms with Gasteiger partial charge < -0.3 is 19.7 Å². The third kappa shape index (κ3) is 5.48. The summed E-state index contributed by atoms with van der Waals surface area (Å²) in [5.41, 5.74) is 8.41. The Hall–Kier alpha value is -4.49. The molecule has 4 aromatic carbocycles. The molecule has 44 heavy (non-hydrogen) atoms. The van der Waals surface area contributed by atoms with E-state index in [-0.39, 0.29) is 5.91 Å². The zero-order valence-corrected chi connectivity index (χ0v) is 25.8. The van der Waals surface area contributed by atoms with Crippen LogP contribution in [0.5, 0.6) is 11.5 Å². The van der Waals surface area contributed by atoms with Gasteiger partial charge in [-0.2, -0.15) is 0 Å². The molecule has 3 aliphatic heterocycles. The molecule has 0 unspecified atom stereocenters. The van der Waals surface area contributed by atoms with Crippen molar-refractivity contribution >= 4 is 40.3 Å². The Labute approximate surface area is 262 Å². The Bertz CT molecular complexity index is 1680. The van der Waals surface area contributed by atoms with Gasteiger partial charge in [-0.15, -0.1) is 0 Å². The molecule has 3 heterocycles. The van der Waals surface area contributed by atoms with Crippen molar-refractivity contribution in [2.24, 2.45) is 4.99 Å². The van der Waals surface area contributed by atoms with Crippen molar-refractivity contribution < 1.29 is 14.3 Å². The van der Waals surface area contributed by atoms with Crippen LogP contribution in [-0.4, -0.2) is 37.9 Å². The number of carbonyl (C=O) groups excluding carboxylic acids is 1. The first kappa shape index (κ1) is 28.3. The molecule has 1 N–H and O–H groups in total. The maximum atomic E-state index is 13.0. The second-order valence-corrected chi connectivity index (χ2v) is 12.3. The van der Waals surface area contributed by atoms with Crippen LogP contribution in [0.3, 0.4) is 0 Å². The van der Waals surface area contributed by atoms with E-state index in [1.54, 1.807) is 7.11 Å². The highest BCUT2D eigenvalue weighted by molar-refractivity contribution is 8.18. The van der Waals surface area contributed by atoms with E-state index >= 15 is 0 Å². The Morgan fingerprint density at radius 3 is 2.11 bits per heavy atom. The number of rotatable bonds is 7. The zero-order chi connectivity index (χ0) is 30.0. The van der Waals surface area contributed by atoms with E-state index in [4.69, 9.17) is 14.5 Å². The van der Waals surface area contributed by atoms with Crippen molar-refractivity contribution in [2.75, 3.05) is 31.7 Å². The lowest BCUT2D eigenvalue weighted by Crippen LogP contribution is -2.37. The van der Waals surface area contributed by atoms with Crippen molar-refractivity contribution in [3.63, 3.8) is 0 Å². The number of benzene rings is 4. The molecule has 1 amide bonds. The highest BCUT2D eigenvalue weighted by Gasteiger charge is 2.35.